The van der Waals surface area contributed by atoms with E-state index in [0.29, 0.717) is 8.73 Å². The Hall–Kier alpha value is -1.27. The van der Waals surface area contributed by atoms with E-state index in [-0.39, 0.29) is 0 Å². The Morgan fingerprint density at radius 1 is 1.00 bits per heavy atom. The molecule has 62 valence electrons. The topological polar surface area (TPSA) is 24.7 Å². The molecule has 1 aliphatic rings. The van der Waals surface area contributed by atoms with E-state index in [1.165, 1.54) is 16.1 Å². The Labute approximate surface area is 77.5 Å². The average molecular weight is 186 g/mol. The molecule has 0 saturated heterocycles. The highest BCUT2D eigenvalue weighted by Gasteiger charge is 2.08. The summed E-state index contributed by atoms with van der Waals surface area (Å²) in [6.45, 7) is 0. The van der Waals surface area contributed by atoms with Crippen LogP contribution in [0.5, 0.6) is 0 Å². The largest absolute Gasteiger partial charge is 0.164 e. The Morgan fingerprint density at radius 2 is 1.85 bits per heavy atom. The molecule has 2 aromatic carbocycles. The molecule has 0 fully saturated rings. The smallest absolute Gasteiger partial charge is 0.0941 e. The van der Waals surface area contributed by atoms with Crippen molar-refractivity contribution in [3.05, 3.63) is 36.4 Å². The number of nitrogens with zero attached hydrogens (tertiary/aromatic N) is 2. The first-order valence-corrected chi connectivity index (χ1v) is 5.08. The van der Waals surface area contributed by atoms with Gasteiger partial charge in [0.15, 0.2) is 0 Å². The molecule has 3 heteroatoms. The van der Waals surface area contributed by atoms with Crippen molar-refractivity contribution in [2.75, 3.05) is 0 Å². The first-order chi connectivity index (χ1) is 6.45. The van der Waals surface area contributed by atoms with Crippen LogP contribution in [0, 0.1) is 0 Å². The molecule has 0 spiro atoms. The normalized spacial score (nSPS) is 15.4. The van der Waals surface area contributed by atoms with Crippen molar-refractivity contribution in [1.82, 2.24) is 0 Å². The first kappa shape index (κ1) is 7.16. The van der Waals surface area contributed by atoms with Gasteiger partial charge >= 0.3 is 0 Å². The molecule has 3 rings (SSSR count). The zero-order valence-electron chi connectivity index (χ0n) is 6.86. The molecule has 0 radical (unpaired) electrons. The predicted octanol–water partition coefficient (Wildman–Crippen LogP) is 3.16. The molecule has 2 aromatic rings. The fourth-order valence-corrected chi connectivity index (χ4v) is 2.45. The van der Waals surface area contributed by atoms with Crippen molar-refractivity contribution < 1.29 is 0 Å². The average Bonchev–Trinajstić information content (AvgIpc) is 2.19. The summed E-state index contributed by atoms with van der Waals surface area (Å²) in [5.74, 6) is 0. The summed E-state index contributed by atoms with van der Waals surface area (Å²) < 4.78 is 0. The molecule has 1 unspecified atom stereocenters. The van der Waals surface area contributed by atoms with Crippen molar-refractivity contribution in [3.8, 4) is 0 Å². The standard InChI is InChI=1S/C10H7N2P/c1-3-7-4-2-6-9-10(7)8(5-1)11-12-13-9/h1-6,13H. The molecule has 1 atom stereocenters. The highest BCUT2D eigenvalue weighted by atomic mass is 31.1. The third-order valence-corrected chi connectivity index (χ3v) is 3.07. The molecule has 0 bridgehead atoms. The van der Waals surface area contributed by atoms with Crippen LogP contribution < -0.4 is 5.30 Å². The Kier molecular flexibility index (Phi) is 1.44. The summed E-state index contributed by atoms with van der Waals surface area (Å²) in [5.41, 5.74) is 1.01. The van der Waals surface area contributed by atoms with Gasteiger partial charge in [-0.3, -0.25) is 0 Å². The number of hydrogen-bond donors (Lipinski definition) is 0. The third-order valence-electron chi connectivity index (χ3n) is 2.21. The fourth-order valence-electron chi connectivity index (χ4n) is 1.63. The van der Waals surface area contributed by atoms with E-state index in [1.54, 1.807) is 0 Å². The quantitative estimate of drug-likeness (QED) is 0.564. The molecule has 13 heavy (non-hydrogen) atoms. The molecule has 0 amide bonds. The molecule has 1 heterocycles. The van der Waals surface area contributed by atoms with Gasteiger partial charge in [0.2, 0.25) is 0 Å². The van der Waals surface area contributed by atoms with Crippen LogP contribution in [0.2, 0.25) is 0 Å². The van der Waals surface area contributed by atoms with Crippen molar-refractivity contribution in [2.24, 2.45) is 10.00 Å². The SMILES string of the molecule is c1cc2c3c(cccc3c1)PN=N2. The van der Waals surface area contributed by atoms with Gasteiger partial charge in [0.05, 0.1) is 14.4 Å². The zero-order chi connectivity index (χ0) is 8.67. The minimum absolute atomic E-state index is 0.476. The monoisotopic (exact) mass is 186 g/mol. The molecule has 0 N–H and O–H groups in total. The van der Waals surface area contributed by atoms with Crippen molar-refractivity contribution >= 4 is 30.5 Å². The predicted molar refractivity (Wildman–Crippen MR) is 56.4 cm³/mol. The lowest BCUT2D eigenvalue weighted by atomic mass is 10.1. The van der Waals surface area contributed by atoms with Crippen LogP contribution in [0.1, 0.15) is 0 Å². The summed E-state index contributed by atoms with van der Waals surface area (Å²) in [7, 11) is 0.476. The lowest BCUT2D eigenvalue weighted by Gasteiger charge is -2.09. The number of hydrogen-bond acceptors (Lipinski definition) is 2. The minimum Gasteiger partial charge on any atom is -0.164 e. The van der Waals surface area contributed by atoms with E-state index < -0.39 is 0 Å². The Balaban J connectivity index is 2.56. The van der Waals surface area contributed by atoms with Gasteiger partial charge < -0.3 is 0 Å². The van der Waals surface area contributed by atoms with Crippen LogP contribution in [-0.2, 0) is 0 Å². The second kappa shape index (κ2) is 2.61. The van der Waals surface area contributed by atoms with Crippen LogP contribution in [0.3, 0.4) is 0 Å². The second-order valence-corrected chi connectivity index (χ2v) is 3.95. The lowest BCUT2D eigenvalue weighted by Crippen LogP contribution is -1.96. The number of benzene rings is 2. The summed E-state index contributed by atoms with van der Waals surface area (Å²) in [4.78, 5) is 4.10. The molecular weight excluding hydrogens is 179 g/mol. The van der Waals surface area contributed by atoms with E-state index in [0.717, 1.165) is 5.69 Å². The third kappa shape index (κ3) is 0.991. The van der Waals surface area contributed by atoms with Crippen LogP contribution in [-0.4, -0.2) is 0 Å². The molecular formula is C10H7N2P. The zero-order valence-corrected chi connectivity index (χ0v) is 7.86. The fraction of sp³-hybridized carbons (Fsp3) is 0. The van der Waals surface area contributed by atoms with Crippen LogP contribution in [0.4, 0.5) is 5.69 Å². The van der Waals surface area contributed by atoms with Gasteiger partial charge in [-0.25, -0.2) is 0 Å². The Bertz CT molecular complexity index is 500. The summed E-state index contributed by atoms with van der Waals surface area (Å²) in [6.07, 6.45) is 0. The maximum absolute atomic E-state index is 4.15. The van der Waals surface area contributed by atoms with E-state index in [9.17, 15) is 0 Å². The van der Waals surface area contributed by atoms with Crippen LogP contribution >= 0.6 is 8.73 Å². The van der Waals surface area contributed by atoms with Gasteiger partial charge in [-0.05, 0) is 11.5 Å². The van der Waals surface area contributed by atoms with Crippen molar-refractivity contribution in [3.63, 3.8) is 0 Å². The van der Waals surface area contributed by atoms with Gasteiger partial charge in [0.1, 0.15) is 0 Å². The van der Waals surface area contributed by atoms with E-state index in [4.69, 9.17) is 0 Å². The molecule has 0 aromatic heterocycles. The van der Waals surface area contributed by atoms with Gasteiger partial charge in [-0.1, -0.05) is 30.3 Å². The Morgan fingerprint density at radius 3 is 2.77 bits per heavy atom. The maximum Gasteiger partial charge on any atom is 0.0941 e. The van der Waals surface area contributed by atoms with Crippen LogP contribution in [0.25, 0.3) is 10.8 Å². The number of rotatable bonds is 0. The summed E-state index contributed by atoms with van der Waals surface area (Å²) in [5, 5.41) is 8.00. The molecule has 0 aliphatic carbocycles. The second-order valence-electron chi connectivity index (χ2n) is 2.99. The highest BCUT2D eigenvalue weighted by molar-refractivity contribution is 7.46. The van der Waals surface area contributed by atoms with Gasteiger partial charge in [-0.15, -0.1) is 0 Å². The summed E-state index contributed by atoms with van der Waals surface area (Å²) >= 11 is 0. The summed E-state index contributed by atoms with van der Waals surface area (Å²) in [6, 6.07) is 12.5. The van der Waals surface area contributed by atoms with E-state index in [1.807, 2.05) is 12.1 Å². The first-order valence-electron chi connectivity index (χ1n) is 4.14. The molecule has 0 saturated carbocycles. The maximum atomic E-state index is 4.15. The minimum atomic E-state index is 0.476. The van der Waals surface area contributed by atoms with Gasteiger partial charge in [-0.2, -0.15) is 10.00 Å². The lowest BCUT2D eigenvalue weighted by molar-refractivity contribution is 1.34. The van der Waals surface area contributed by atoms with E-state index >= 15 is 0 Å². The van der Waals surface area contributed by atoms with Gasteiger partial charge in [0.25, 0.3) is 0 Å². The van der Waals surface area contributed by atoms with Crippen molar-refractivity contribution in [2.45, 2.75) is 0 Å². The van der Waals surface area contributed by atoms with Gasteiger partial charge in [0, 0.05) is 10.7 Å². The van der Waals surface area contributed by atoms with Crippen LogP contribution in [0.15, 0.2) is 46.4 Å². The molecule has 1 aliphatic heterocycles. The molecule has 2 nitrogen and oxygen atoms in total. The highest BCUT2D eigenvalue weighted by Crippen LogP contribution is 2.34. The van der Waals surface area contributed by atoms with E-state index in [2.05, 4.69) is 34.3 Å². The van der Waals surface area contributed by atoms with Crippen molar-refractivity contribution in [1.29, 1.82) is 0 Å².